The van der Waals surface area contributed by atoms with Gasteiger partial charge in [-0.15, -0.1) is 0 Å². The van der Waals surface area contributed by atoms with Gasteiger partial charge in [-0.25, -0.2) is 9.97 Å². The standard InChI is InChI=1S/C9H8N2O/c1-12-8-5-7-3-2-4-10-9(7)11-6-8/h2-6H,1H3. The molecule has 0 aromatic carbocycles. The minimum atomic E-state index is 0.748. The van der Waals surface area contributed by atoms with E-state index in [9.17, 15) is 0 Å². The molecular weight excluding hydrogens is 152 g/mol. The molecule has 2 heterocycles. The van der Waals surface area contributed by atoms with Crippen molar-refractivity contribution in [2.45, 2.75) is 0 Å². The molecule has 0 aliphatic rings. The summed E-state index contributed by atoms with van der Waals surface area (Å²) in [7, 11) is 1.62. The highest BCUT2D eigenvalue weighted by molar-refractivity contribution is 5.75. The summed E-state index contributed by atoms with van der Waals surface area (Å²) in [4.78, 5) is 8.21. The summed E-state index contributed by atoms with van der Waals surface area (Å²) < 4.78 is 5.03. The van der Waals surface area contributed by atoms with E-state index >= 15 is 0 Å². The van der Waals surface area contributed by atoms with Crippen molar-refractivity contribution in [1.29, 1.82) is 0 Å². The number of ether oxygens (including phenoxy) is 1. The monoisotopic (exact) mass is 160 g/mol. The van der Waals surface area contributed by atoms with Crippen LogP contribution in [-0.4, -0.2) is 17.1 Å². The van der Waals surface area contributed by atoms with Crippen molar-refractivity contribution < 1.29 is 4.74 Å². The fraction of sp³-hybridized carbons (Fsp3) is 0.111. The molecule has 0 saturated carbocycles. The van der Waals surface area contributed by atoms with Crippen LogP contribution in [0, 0.1) is 0 Å². The Kier molecular flexibility index (Phi) is 1.63. The fourth-order valence-corrected chi connectivity index (χ4v) is 1.06. The van der Waals surface area contributed by atoms with Crippen LogP contribution < -0.4 is 4.74 Å². The number of rotatable bonds is 1. The first-order valence-electron chi connectivity index (χ1n) is 3.65. The lowest BCUT2D eigenvalue weighted by Gasteiger charge is -1.99. The van der Waals surface area contributed by atoms with Crippen LogP contribution in [0.4, 0.5) is 0 Å². The van der Waals surface area contributed by atoms with Crippen LogP contribution >= 0.6 is 0 Å². The van der Waals surface area contributed by atoms with Crippen LogP contribution in [-0.2, 0) is 0 Å². The second kappa shape index (κ2) is 2.77. The van der Waals surface area contributed by atoms with Gasteiger partial charge in [-0.3, -0.25) is 0 Å². The first kappa shape index (κ1) is 7.03. The van der Waals surface area contributed by atoms with E-state index in [-0.39, 0.29) is 0 Å². The summed E-state index contributed by atoms with van der Waals surface area (Å²) in [5.41, 5.74) is 0.748. The smallest absolute Gasteiger partial charge is 0.159 e. The maximum atomic E-state index is 5.03. The van der Waals surface area contributed by atoms with E-state index in [4.69, 9.17) is 4.74 Å². The summed E-state index contributed by atoms with van der Waals surface area (Å²) in [6, 6.07) is 5.75. The molecule has 12 heavy (non-hydrogen) atoms. The van der Waals surface area contributed by atoms with Crippen molar-refractivity contribution in [3.05, 3.63) is 30.6 Å². The third-order valence-electron chi connectivity index (χ3n) is 1.66. The first-order chi connectivity index (χ1) is 5.90. The van der Waals surface area contributed by atoms with E-state index in [2.05, 4.69) is 9.97 Å². The molecule has 3 heteroatoms. The number of aromatic nitrogens is 2. The number of hydrogen-bond donors (Lipinski definition) is 0. The van der Waals surface area contributed by atoms with Gasteiger partial charge >= 0.3 is 0 Å². The van der Waals surface area contributed by atoms with Crippen LogP contribution in [0.5, 0.6) is 5.75 Å². The molecule has 0 amide bonds. The van der Waals surface area contributed by atoms with Crippen LogP contribution in [0.2, 0.25) is 0 Å². The molecule has 60 valence electrons. The minimum absolute atomic E-state index is 0.748. The lowest BCUT2D eigenvalue weighted by molar-refractivity contribution is 0.413. The van der Waals surface area contributed by atoms with Crippen molar-refractivity contribution in [3.8, 4) is 5.75 Å². The fourth-order valence-electron chi connectivity index (χ4n) is 1.06. The highest BCUT2D eigenvalue weighted by Crippen LogP contribution is 2.15. The Labute approximate surface area is 70.0 Å². The van der Waals surface area contributed by atoms with E-state index in [1.54, 1.807) is 19.5 Å². The lowest BCUT2D eigenvalue weighted by atomic mass is 10.3. The third-order valence-corrected chi connectivity index (χ3v) is 1.66. The Morgan fingerprint density at radius 2 is 2.25 bits per heavy atom. The Balaban J connectivity index is 2.67. The minimum Gasteiger partial charge on any atom is -0.495 e. The van der Waals surface area contributed by atoms with Gasteiger partial charge in [0.1, 0.15) is 5.75 Å². The largest absolute Gasteiger partial charge is 0.495 e. The molecule has 0 fully saturated rings. The summed E-state index contributed by atoms with van der Waals surface area (Å²) >= 11 is 0. The van der Waals surface area contributed by atoms with Crippen molar-refractivity contribution in [3.63, 3.8) is 0 Å². The maximum absolute atomic E-state index is 5.03. The van der Waals surface area contributed by atoms with Gasteiger partial charge in [0.15, 0.2) is 5.65 Å². The topological polar surface area (TPSA) is 35.0 Å². The summed E-state index contributed by atoms with van der Waals surface area (Å²) in [6.07, 6.45) is 3.39. The third kappa shape index (κ3) is 1.09. The molecule has 2 rings (SSSR count). The van der Waals surface area contributed by atoms with Gasteiger partial charge < -0.3 is 4.74 Å². The normalized spacial score (nSPS) is 10.1. The van der Waals surface area contributed by atoms with E-state index in [1.165, 1.54) is 0 Å². The highest BCUT2D eigenvalue weighted by atomic mass is 16.5. The first-order valence-corrected chi connectivity index (χ1v) is 3.65. The average molecular weight is 160 g/mol. The molecule has 0 atom stereocenters. The molecule has 0 bridgehead atoms. The number of fused-ring (bicyclic) bond motifs is 1. The van der Waals surface area contributed by atoms with Gasteiger partial charge in [0, 0.05) is 11.6 Å². The van der Waals surface area contributed by atoms with Crippen molar-refractivity contribution in [1.82, 2.24) is 9.97 Å². The summed E-state index contributed by atoms with van der Waals surface area (Å²) in [6.45, 7) is 0. The van der Waals surface area contributed by atoms with Crippen LogP contribution in [0.15, 0.2) is 30.6 Å². The van der Waals surface area contributed by atoms with Gasteiger partial charge in [0.2, 0.25) is 0 Å². The number of hydrogen-bond acceptors (Lipinski definition) is 3. The van der Waals surface area contributed by atoms with E-state index in [0.29, 0.717) is 0 Å². The van der Waals surface area contributed by atoms with Crippen molar-refractivity contribution in [2.24, 2.45) is 0 Å². The Morgan fingerprint density at radius 3 is 3.08 bits per heavy atom. The van der Waals surface area contributed by atoms with Crippen molar-refractivity contribution >= 4 is 11.0 Å². The predicted molar refractivity (Wildman–Crippen MR) is 46.1 cm³/mol. The Bertz CT molecular complexity index is 400. The molecule has 2 aromatic heterocycles. The summed E-state index contributed by atoms with van der Waals surface area (Å²) in [5.74, 6) is 0.760. The van der Waals surface area contributed by atoms with Gasteiger partial charge in [-0.1, -0.05) is 0 Å². The van der Waals surface area contributed by atoms with Crippen LogP contribution in [0.1, 0.15) is 0 Å². The van der Waals surface area contributed by atoms with Gasteiger partial charge in [0.05, 0.1) is 13.3 Å². The Morgan fingerprint density at radius 1 is 1.33 bits per heavy atom. The molecule has 0 radical (unpaired) electrons. The zero-order valence-corrected chi connectivity index (χ0v) is 6.69. The maximum Gasteiger partial charge on any atom is 0.159 e. The second-order valence-corrected chi connectivity index (χ2v) is 2.43. The molecular formula is C9H8N2O. The number of methoxy groups -OCH3 is 1. The second-order valence-electron chi connectivity index (χ2n) is 2.43. The molecule has 0 N–H and O–H groups in total. The lowest BCUT2D eigenvalue weighted by Crippen LogP contribution is -1.86. The molecule has 2 aromatic rings. The zero-order chi connectivity index (χ0) is 8.39. The van der Waals surface area contributed by atoms with Crippen LogP contribution in [0.25, 0.3) is 11.0 Å². The van der Waals surface area contributed by atoms with Gasteiger partial charge in [0.25, 0.3) is 0 Å². The zero-order valence-electron chi connectivity index (χ0n) is 6.69. The van der Waals surface area contributed by atoms with E-state index < -0.39 is 0 Å². The molecule has 0 unspecified atom stereocenters. The average Bonchev–Trinajstić information content (AvgIpc) is 2.17. The molecule has 0 spiro atoms. The molecule has 0 aliphatic carbocycles. The Hall–Kier alpha value is -1.64. The van der Waals surface area contributed by atoms with Gasteiger partial charge in [-0.2, -0.15) is 0 Å². The highest BCUT2D eigenvalue weighted by Gasteiger charge is 1.95. The van der Waals surface area contributed by atoms with E-state index in [1.807, 2.05) is 18.2 Å². The molecule has 0 saturated heterocycles. The SMILES string of the molecule is COc1cnc2ncccc2c1. The molecule has 3 nitrogen and oxygen atoms in total. The van der Waals surface area contributed by atoms with Crippen LogP contribution in [0.3, 0.4) is 0 Å². The number of nitrogens with zero attached hydrogens (tertiary/aromatic N) is 2. The van der Waals surface area contributed by atoms with Gasteiger partial charge in [-0.05, 0) is 18.2 Å². The predicted octanol–water partition coefficient (Wildman–Crippen LogP) is 1.64. The molecule has 0 aliphatic heterocycles. The van der Waals surface area contributed by atoms with Crippen molar-refractivity contribution in [2.75, 3.05) is 7.11 Å². The quantitative estimate of drug-likeness (QED) is 0.636. The number of pyridine rings is 2. The summed E-state index contributed by atoms with van der Waals surface area (Å²) in [5, 5.41) is 0.997. The van der Waals surface area contributed by atoms with E-state index in [0.717, 1.165) is 16.8 Å².